The maximum absolute atomic E-state index is 8.89. The van der Waals surface area contributed by atoms with Crippen LogP contribution in [0.3, 0.4) is 0 Å². The van der Waals surface area contributed by atoms with E-state index in [1.54, 1.807) is 0 Å². The molecule has 0 amide bonds. The first-order valence-electron chi connectivity index (χ1n) is 2.72. The predicted molar refractivity (Wildman–Crippen MR) is 37.8 cm³/mol. The summed E-state index contributed by atoms with van der Waals surface area (Å²) in [5.41, 5.74) is 0. The van der Waals surface area contributed by atoms with Crippen molar-refractivity contribution in [1.29, 1.82) is 0 Å². The van der Waals surface area contributed by atoms with Crippen LogP contribution in [-0.4, -0.2) is 55.6 Å². The van der Waals surface area contributed by atoms with Gasteiger partial charge >= 0.3 is 37.7 Å². The van der Waals surface area contributed by atoms with Crippen LogP contribution in [0.15, 0.2) is 0 Å². The second-order valence-corrected chi connectivity index (χ2v) is 1.47. The van der Waals surface area contributed by atoms with Gasteiger partial charge in [0.25, 0.3) is 0 Å². The Bertz CT molecular complexity index is 115. The molecule has 0 spiro atoms. The average molecular weight is 217 g/mol. The molecule has 0 atom stereocenters. The average Bonchev–Trinajstić information content (AvgIpc) is 1.54. The van der Waals surface area contributed by atoms with Gasteiger partial charge in [-0.05, 0) is 20.8 Å². The first kappa shape index (κ1) is 23.0. The van der Waals surface area contributed by atoms with Crippen molar-refractivity contribution in [1.82, 2.24) is 0 Å². The Hall–Kier alpha value is -0.330. The van der Waals surface area contributed by atoms with Gasteiger partial charge in [-0.2, -0.15) is 0 Å². The summed E-state index contributed by atoms with van der Waals surface area (Å²) in [4.78, 5) is 26.7. The number of hydrogen-bond acceptors (Lipinski definition) is 6. The van der Waals surface area contributed by atoms with Crippen LogP contribution in [0.4, 0.5) is 0 Å². The Morgan fingerprint density at radius 2 is 0.692 bits per heavy atom. The van der Waals surface area contributed by atoms with E-state index in [9.17, 15) is 0 Å². The maximum Gasteiger partial charge on any atom is 2.00 e. The predicted octanol–water partition coefficient (Wildman–Crippen LogP) is -4.11. The standard InChI is InChI=1S/3C2H4O2.Ca/c3*1-2(3)4;/h3*1H3,(H,3,4);/q;;;+2/p-3. The molecule has 0 aromatic heterocycles. The van der Waals surface area contributed by atoms with Gasteiger partial charge in [0.2, 0.25) is 0 Å². The fraction of sp³-hybridized carbons (Fsp3) is 0.500. The molecule has 0 rings (SSSR count). The van der Waals surface area contributed by atoms with Crippen molar-refractivity contribution >= 4 is 55.6 Å². The summed E-state index contributed by atoms with van der Waals surface area (Å²) in [5, 5.41) is 26.7. The van der Waals surface area contributed by atoms with Crippen molar-refractivity contribution in [3.8, 4) is 0 Å². The summed E-state index contributed by atoms with van der Waals surface area (Å²) in [6.45, 7) is 2.92. The molecule has 0 aromatic carbocycles. The smallest absolute Gasteiger partial charge is 0.550 e. The molecule has 0 radical (unpaired) electrons. The number of aliphatic carboxylic acids is 3. The van der Waals surface area contributed by atoms with Crippen LogP contribution in [-0.2, 0) is 14.4 Å². The molecule has 0 heterocycles. The minimum Gasteiger partial charge on any atom is -0.550 e. The van der Waals surface area contributed by atoms with Crippen molar-refractivity contribution in [2.24, 2.45) is 0 Å². The minimum atomic E-state index is -1.08. The Kier molecular flexibility index (Phi) is 31.2. The second-order valence-electron chi connectivity index (χ2n) is 1.47. The molecule has 0 aliphatic carbocycles. The largest absolute Gasteiger partial charge is 2.00 e. The Balaban J connectivity index is -0.0000000450. The van der Waals surface area contributed by atoms with Crippen molar-refractivity contribution in [3.05, 3.63) is 0 Å². The van der Waals surface area contributed by atoms with Crippen molar-refractivity contribution < 1.29 is 29.7 Å². The summed E-state index contributed by atoms with van der Waals surface area (Å²) in [7, 11) is 0. The van der Waals surface area contributed by atoms with Gasteiger partial charge in [0.15, 0.2) is 0 Å². The van der Waals surface area contributed by atoms with Crippen molar-refractivity contribution in [2.75, 3.05) is 0 Å². The Morgan fingerprint density at radius 3 is 0.692 bits per heavy atom. The van der Waals surface area contributed by atoms with Crippen molar-refractivity contribution in [2.45, 2.75) is 20.8 Å². The molecule has 0 unspecified atom stereocenters. The Morgan fingerprint density at radius 1 is 0.692 bits per heavy atom. The second kappa shape index (κ2) is 17.7. The zero-order chi connectivity index (χ0) is 10.7. The Labute approximate surface area is 106 Å². The molecule has 0 bridgehead atoms. The number of carboxylic acid groups (broad SMARTS) is 3. The number of carboxylic acids is 3. The van der Waals surface area contributed by atoms with Crippen LogP contribution in [0.5, 0.6) is 0 Å². The third kappa shape index (κ3) is 10000. The molecular weight excluding hydrogens is 208 g/mol. The zero-order valence-corrected chi connectivity index (χ0v) is 9.86. The van der Waals surface area contributed by atoms with Crippen molar-refractivity contribution in [3.63, 3.8) is 0 Å². The molecule has 0 saturated heterocycles. The van der Waals surface area contributed by atoms with E-state index >= 15 is 0 Å². The molecule has 0 aromatic rings. The van der Waals surface area contributed by atoms with Crippen LogP contribution in [0, 0.1) is 0 Å². The number of hydrogen-bond donors (Lipinski definition) is 0. The molecule has 13 heavy (non-hydrogen) atoms. The van der Waals surface area contributed by atoms with E-state index in [4.69, 9.17) is 29.7 Å². The first-order valence-corrected chi connectivity index (χ1v) is 2.72. The summed E-state index contributed by atoms with van der Waals surface area (Å²) in [6.07, 6.45) is 0. The topological polar surface area (TPSA) is 120 Å². The molecule has 0 fully saturated rings. The van der Waals surface area contributed by atoms with E-state index in [1.807, 2.05) is 0 Å². The number of carbonyl (C=O) groups excluding carboxylic acids is 3. The van der Waals surface area contributed by atoms with Gasteiger partial charge in [-0.1, -0.05) is 0 Å². The van der Waals surface area contributed by atoms with Gasteiger partial charge in [0.05, 0.1) is 0 Å². The summed E-state index contributed by atoms with van der Waals surface area (Å²) in [6, 6.07) is 0. The quantitative estimate of drug-likeness (QED) is 0.380. The molecule has 0 aliphatic heterocycles. The third-order valence-electron chi connectivity index (χ3n) is 0. The van der Waals surface area contributed by atoms with E-state index in [0.29, 0.717) is 0 Å². The SMILES string of the molecule is CC(=O)[O-].CC(=O)[O-].CC(=O)[O-].[Ca+2]. The van der Waals surface area contributed by atoms with Gasteiger partial charge in [-0.25, -0.2) is 0 Å². The third-order valence-corrected chi connectivity index (χ3v) is 0. The zero-order valence-electron chi connectivity index (χ0n) is 7.66. The molecule has 72 valence electrons. The first-order chi connectivity index (χ1) is 5.20. The molecule has 0 saturated carbocycles. The van der Waals surface area contributed by atoms with E-state index in [1.165, 1.54) is 0 Å². The summed E-state index contributed by atoms with van der Waals surface area (Å²) < 4.78 is 0. The van der Waals surface area contributed by atoms with E-state index in [2.05, 4.69) is 0 Å². The van der Waals surface area contributed by atoms with Crippen LogP contribution in [0.1, 0.15) is 20.8 Å². The molecule has 6 nitrogen and oxygen atoms in total. The molecule has 0 aliphatic rings. The molecule has 7 heteroatoms. The van der Waals surface area contributed by atoms with E-state index < -0.39 is 17.9 Å². The van der Waals surface area contributed by atoms with Crippen LogP contribution < -0.4 is 15.3 Å². The van der Waals surface area contributed by atoms with Gasteiger partial charge in [0.1, 0.15) is 0 Å². The fourth-order valence-electron chi connectivity index (χ4n) is 0. The number of carbonyl (C=O) groups is 3. The molecular formula is C6H9CaO6-. The van der Waals surface area contributed by atoms with Gasteiger partial charge in [-0.15, -0.1) is 0 Å². The minimum absolute atomic E-state index is 0. The van der Waals surface area contributed by atoms with Gasteiger partial charge < -0.3 is 29.7 Å². The van der Waals surface area contributed by atoms with Crippen LogP contribution in [0.2, 0.25) is 0 Å². The van der Waals surface area contributed by atoms with E-state index in [0.717, 1.165) is 20.8 Å². The summed E-state index contributed by atoms with van der Waals surface area (Å²) in [5.74, 6) is -3.25. The van der Waals surface area contributed by atoms with Gasteiger partial charge in [0, 0.05) is 17.9 Å². The fourth-order valence-corrected chi connectivity index (χ4v) is 0. The normalized spacial score (nSPS) is 5.77. The van der Waals surface area contributed by atoms with Crippen LogP contribution in [0.25, 0.3) is 0 Å². The maximum atomic E-state index is 8.89. The van der Waals surface area contributed by atoms with Crippen LogP contribution >= 0.6 is 0 Å². The van der Waals surface area contributed by atoms with E-state index in [-0.39, 0.29) is 37.7 Å². The van der Waals surface area contributed by atoms with Gasteiger partial charge in [-0.3, -0.25) is 0 Å². The number of rotatable bonds is 0. The monoisotopic (exact) mass is 217 g/mol. The molecule has 0 N–H and O–H groups in total. The summed E-state index contributed by atoms with van der Waals surface area (Å²) >= 11 is 0.